The zero-order valence-corrected chi connectivity index (χ0v) is 17.2. The van der Waals surface area contributed by atoms with Crippen LogP contribution >= 0.6 is 0 Å². The quantitative estimate of drug-likeness (QED) is 0.758. The van der Waals surface area contributed by atoms with E-state index in [9.17, 15) is 13.6 Å². The van der Waals surface area contributed by atoms with Crippen molar-refractivity contribution in [2.45, 2.75) is 51.1 Å². The average Bonchev–Trinajstić information content (AvgIpc) is 3.03. The number of alkyl halides is 2. The molecule has 162 valence electrons. The molecule has 0 aromatic carbocycles. The van der Waals surface area contributed by atoms with E-state index in [2.05, 4.69) is 19.8 Å². The van der Waals surface area contributed by atoms with Crippen molar-refractivity contribution in [2.75, 3.05) is 39.3 Å². The molecule has 30 heavy (non-hydrogen) atoms. The molecule has 1 saturated heterocycles. The van der Waals surface area contributed by atoms with Crippen LogP contribution in [0.25, 0.3) is 11.1 Å². The summed E-state index contributed by atoms with van der Waals surface area (Å²) in [6.07, 6.45) is 6.04. The van der Waals surface area contributed by atoms with Crippen LogP contribution in [0.2, 0.25) is 0 Å². The lowest BCUT2D eigenvalue weighted by Crippen LogP contribution is -2.55. The Bertz CT molecular complexity index is 945. The number of halogens is 2. The number of carbonyl (C=O) groups is 1. The van der Waals surface area contributed by atoms with Crippen molar-refractivity contribution in [3.63, 3.8) is 0 Å². The zero-order valence-electron chi connectivity index (χ0n) is 17.2. The molecule has 1 amide bonds. The first kappa shape index (κ1) is 19.8. The van der Waals surface area contributed by atoms with Crippen LogP contribution in [-0.4, -0.2) is 75.9 Å². The molecule has 3 aliphatic rings. The predicted octanol–water partition coefficient (Wildman–Crippen LogP) is 2.39. The minimum Gasteiger partial charge on any atom is -0.441 e. The maximum absolute atomic E-state index is 13.5. The molecule has 2 aliphatic heterocycles. The van der Waals surface area contributed by atoms with Gasteiger partial charge < -0.3 is 9.32 Å². The molecule has 2 fully saturated rings. The molecule has 0 unspecified atom stereocenters. The van der Waals surface area contributed by atoms with Crippen molar-refractivity contribution in [1.29, 1.82) is 0 Å². The lowest BCUT2D eigenvalue weighted by atomic mass is 9.91. The Morgan fingerprint density at radius 2 is 2.00 bits per heavy atom. The summed E-state index contributed by atoms with van der Waals surface area (Å²) < 4.78 is 32.8. The number of hydrogen-bond donors (Lipinski definition) is 0. The fourth-order valence-corrected chi connectivity index (χ4v) is 4.66. The van der Waals surface area contributed by atoms with Gasteiger partial charge in [0, 0.05) is 57.4 Å². The maximum atomic E-state index is 13.5. The highest BCUT2D eigenvalue weighted by Gasteiger charge is 2.32. The van der Waals surface area contributed by atoms with E-state index in [1.165, 1.54) is 25.5 Å². The highest BCUT2D eigenvalue weighted by molar-refractivity contribution is 5.80. The number of carbonyl (C=O) groups excluding carboxylic acids is 1. The summed E-state index contributed by atoms with van der Waals surface area (Å²) in [7, 11) is 0. The summed E-state index contributed by atoms with van der Waals surface area (Å²) >= 11 is 0. The number of furan rings is 1. The second-order valence-corrected chi connectivity index (χ2v) is 8.77. The smallest absolute Gasteiger partial charge is 0.303 e. The lowest BCUT2D eigenvalue weighted by Gasteiger charge is -2.43. The van der Waals surface area contributed by atoms with E-state index < -0.39 is 11.7 Å². The molecule has 4 heterocycles. The third kappa shape index (κ3) is 3.69. The summed E-state index contributed by atoms with van der Waals surface area (Å²) in [5, 5.41) is 0.691. The molecule has 0 bridgehead atoms. The first-order valence-electron chi connectivity index (χ1n) is 10.8. The van der Waals surface area contributed by atoms with Gasteiger partial charge in [0.1, 0.15) is 5.76 Å². The van der Waals surface area contributed by atoms with Gasteiger partial charge in [-0.15, -0.1) is 0 Å². The second-order valence-electron chi connectivity index (χ2n) is 8.77. The summed E-state index contributed by atoms with van der Waals surface area (Å²) in [5.74, 6) is -2.79. The first-order chi connectivity index (χ1) is 14.4. The summed E-state index contributed by atoms with van der Waals surface area (Å²) in [6.45, 7) is 5.85. The molecule has 0 radical (unpaired) electrons. The number of rotatable bonds is 4. The number of piperazine rings is 1. The van der Waals surface area contributed by atoms with Crippen LogP contribution in [0.3, 0.4) is 0 Å². The highest BCUT2D eigenvalue weighted by Crippen LogP contribution is 2.32. The van der Waals surface area contributed by atoms with Gasteiger partial charge in [-0.1, -0.05) is 6.42 Å². The van der Waals surface area contributed by atoms with Crippen molar-refractivity contribution in [2.24, 2.45) is 0 Å². The summed E-state index contributed by atoms with van der Waals surface area (Å²) in [4.78, 5) is 27.1. The van der Waals surface area contributed by atoms with Gasteiger partial charge in [0.25, 0.3) is 0 Å². The van der Waals surface area contributed by atoms with Crippen LogP contribution in [0, 0.1) is 0 Å². The maximum Gasteiger partial charge on any atom is 0.303 e. The number of nitrogens with zero attached hydrogens (tertiary/aromatic N) is 5. The van der Waals surface area contributed by atoms with Crippen LogP contribution in [0.4, 0.5) is 8.78 Å². The molecular formula is C21H27F2N5O2. The number of amides is 1. The van der Waals surface area contributed by atoms with Gasteiger partial charge in [0.2, 0.25) is 17.4 Å². The number of fused-ring (bicyclic) bond motifs is 3. The van der Waals surface area contributed by atoms with Crippen LogP contribution < -0.4 is 0 Å². The minimum atomic E-state index is -3.11. The predicted molar refractivity (Wildman–Crippen MR) is 106 cm³/mol. The van der Waals surface area contributed by atoms with Crippen molar-refractivity contribution >= 4 is 17.0 Å². The second kappa shape index (κ2) is 7.53. The van der Waals surface area contributed by atoms with Crippen LogP contribution in [-0.2, 0) is 23.7 Å². The molecule has 2 aromatic rings. The largest absolute Gasteiger partial charge is 0.441 e. The van der Waals surface area contributed by atoms with Gasteiger partial charge >= 0.3 is 5.92 Å². The Morgan fingerprint density at radius 3 is 2.67 bits per heavy atom. The molecule has 1 aliphatic carbocycles. The Labute approximate surface area is 174 Å². The number of hydrogen-bond acceptors (Lipinski definition) is 6. The van der Waals surface area contributed by atoms with Crippen LogP contribution in [0.5, 0.6) is 0 Å². The van der Waals surface area contributed by atoms with Gasteiger partial charge in [-0.3, -0.25) is 14.6 Å². The Hall–Kier alpha value is -2.13. The van der Waals surface area contributed by atoms with Crippen LogP contribution in [0.1, 0.15) is 43.3 Å². The highest BCUT2D eigenvalue weighted by atomic mass is 19.3. The molecule has 1 saturated carbocycles. The monoisotopic (exact) mass is 419 g/mol. The standard InChI is InChI=1S/C21H27F2N5O2/c1-21(22,23)20-24-11-16-15-5-6-26(12-17(15)30-19(16)25-20)13-18(29)28-9-7-27(8-10-28)14-3-2-4-14/h11,14H,2-10,12-13H2,1H3. The van der Waals surface area contributed by atoms with Crippen molar-refractivity contribution < 1.29 is 18.0 Å². The Morgan fingerprint density at radius 1 is 1.23 bits per heavy atom. The zero-order chi connectivity index (χ0) is 20.9. The van der Waals surface area contributed by atoms with E-state index >= 15 is 0 Å². The fourth-order valence-electron chi connectivity index (χ4n) is 4.66. The van der Waals surface area contributed by atoms with Gasteiger partial charge in [-0.05, 0) is 19.3 Å². The molecule has 0 N–H and O–H groups in total. The summed E-state index contributed by atoms with van der Waals surface area (Å²) in [5.41, 5.74) is 1.17. The Kier molecular flexibility index (Phi) is 4.97. The molecule has 0 atom stereocenters. The normalized spacial score (nSPS) is 21.6. The third-order valence-corrected chi connectivity index (χ3v) is 6.69. The van der Waals surface area contributed by atoms with E-state index in [0.717, 1.165) is 51.3 Å². The van der Waals surface area contributed by atoms with Gasteiger partial charge in [0.15, 0.2) is 0 Å². The van der Waals surface area contributed by atoms with Crippen molar-refractivity contribution in [1.82, 2.24) is 24.7 Å². The van der Waals surface area contributed by atoms with E-state index in [1.807, 2.05) is 4.90 Å². The molecule has 7 nitrogen and oxygen atoms in total. The SMILES string of the molecule is CC(F)(F)c1ncc2c3c(oc2n1)CN(CC(=O)N1CCN(C2CCC2)CC1)CC3. The molecular weight excluding hydrogens is 392 g/mol. The van der Waals surface area contributed by atoms with Gasteiger partial charge in [-0.2, -0.15) is 13.8 Å². The lowest BCUT2D eigenvalue weighted by molar-refractivity contribution is -0.135. The van der Waals surface area contributed by atoms with Crippen molar-refractivity contribution in [3.05, 3.63) is 23.3 Å². The van der Waals surface area contributed by atoms with Gasteiger partial charge in [0.05, 0.1) is 18.5 Å². The molecule has 5 rings (SSSR count). The third-order valence-electron chi connectivity index (χ3n) is 6.69. The van der Waals surface area contributed by atoms with Crippen LogP contribution in [0.15, 0.2) is 10.6 Å². The Balaban J connectivity index is 1.22. The summed E-state index contributed by atoms with van der Waals surface area (Å²) in [6, 6.07) is 0.729. The number of aromatic nitrogens is 2. The topological polar surface area (TPSA) is 65.7 Å². The molecule has 2 aromatic heterocycles. The van der Waals surface area contributed by atoms with E-state index in [1.54, 1.807) is 0 Å². The van der Waals surface area contributed by atoms with E-state index in [4.69, 9.17) is 4.42 Å². The van der Waals surface area contributed by atoms with E-state index in [0.29, 0.717) is 30.7 Å². The fraction of sp³-hybridized carbons (Fsp3) is 0.667. The molecule has 9 heteroatoms. The van der Waals surface area contributed by atoms with E-state index in [-0.39, 0.29) is 11.6 Å². The van der Waals surface area contributed by atoms with Gasteiger partial charge in [-0.25, -0.2) is 4.98 Å². The minimum absolute atomic E-state index is 0.149. The molecule has 0 spiro atoms. The first-order valence-corrected chi connectivity index (χ1v) is 10.8. The van der Waals surface area contributed by atoms with Crippen molar-refractivity contribution in [3.8, 4) is 0 Å². The average molecular weight is 419 g/mol.